The van der Waals surface area contributed by atoms with Crippen molar-refractivity contribution in [3.63, 3.8) is 0 Å². The second-order valence-corrected chi connectivity index (χ2v) is 4.14. The van der Waals surface area contributed by atoms with E-state index in [4.69, 9.17) is 9.52 Å². The van der Waals surface area contributed by atoms with Gasteiger partial charge in [-0.15, -0.1) is 0 Å². The fourth-order valence-corrected chi connectivity index (χ4v) is 1.70. The minimum absolute atomic E-state index is 0.0516. The summed E-state index contributed by atoms with van der Waals surface area (Å²) < 4.78 is 5.38. The molecule has 7 nitrogen and oxygen atoms in total. The topological polar surface area (TPSA) is 104 Å². The Kier molecular flexibility index (Phi) is 4.19. The van der Waals surface area contributed by atoms with Gasteiger partial charge in [0.15, 0.2) is 5.58 Å². The molecule has 0 bridgehead atoms. The van der Waals surface area contributed by atoms with Crippen LogP contribution in [0.5, 0.6) is 0 Å². The number of rotatable bonds is 6. The first-order valence-corrected chi connectivity index (χ1v) is 6.24. The fraction of sp³-hybridized carbons (Fsp3) is 0.308. The molecule has 2 aromatic rings. The highest BCUT2D eigenvalue weighted by Gasteiger charge is 2.09. The molecule has 0 saturated carbocycles. The van der Waals surface area contributed by atoms with E-state index in [-0.39, 0.29) is 17.5 Å². The van der Waals surface area contributed by atoms with Gasteiger partial charge in [0.1, 0.15) is 5.52 Å². The second kappa shape index (κ2) is 6.05. The molecule has 2 rings (SSSR count). The highest BCUT2D eigenvalue weighted by molar-refractivity contribution is 5.92. The van der Waals surface area contributed by atoms with Crippen molar-refractivity contribution in [2.45, 2.75) is 13.3 Å². The van der Waals surface area contributed by atoms with Gasteiger partial charge in [-0.25, -0.2) is 4.79 Å². The Bertz CT molecular complexity index is 636. The Balaban J connectivity index is 2.01. The van der Waals surface area contributed by atoms with Crippen LogP contribution < -0.4 is 10.6 Å². The number of aromatic carboxylic acids is 1. The molecule has 0 aliphatic rings. The molecule has 0 atom stereocenters. The van der Waals surface area contributed by atoms with Gasteiger partial charge in [-0.05, 0) is 25.1 Å². The molecule has 0 saturated heterocycles. The zero-order chi connectivity index (χ0) is 14.5. The average molecular weight is 277 g/mol. The van der Waals surface area contributed by atoms with Crippen LogP contribution >= 0.6 is 0 Å². The minimum Gasteiger partial charge on any atom is -0.478 e. The van der Waals surface area contributed by atoms with Crippen LogP contribution in [0.3, 0.4) is 0 Å². The van der Waals surface area contributed by atoms with Crippen LogP contribution in [0.25, 0.3) is 11.1 Å². The first kappa shape index (κ1) is 13.9. The molecule has 0 aliphatic carbocycles. The second-order valence-electron chi connectivity index (χ2n) is 4.14. The van der Waals surface area contributed by atoms with Crippen molar-refractivity contribution in [2.24, 2.45) is 0 Å². The minimum atomic E-state index is -1.02. The van der Waals surface area contributed by atoms with Crippen molar-refractivity contribution in [3.8, 4) is 0 Å². The van der Waals surface area contributed by atoms with Gasteiger partial charge in [0, 0.05) is 19.5 Å². The standard InChI is InChI=1S/C13H15N3O4/c1-2-14-11(17)5-6-15-13-16-9-4-3-8(12(18)19)7-10(9)20-13/h3-4,7H,2,5-6H2,1H3,(H,14,17)(H,15,16)(H,18,19). The number of carbonyl (C=O) groups is 2. The van der Waals surface area contributed by atoms with Crippen LogP contribution in [-0.2, 0) is 4.79 Å². The Hall–Kier alpha value is -2.57. The maximum Gasteiger partial charge on any atom is 0.335 e. The molecule has 1 amide bonds. The molecule has 1 aromatic heterocycles. The normalized spacial score (nSPS) is 10.4. The third-order valence-electron chi connectivity index (χ3n) is 2.64. The van der Waals surface area contributed by atoms with Crippen LogP contribution in [0, 0.1) is 0 Å². The number of carboxylic acid groups (broad SMARTS) is 1. The van der Waals surface area contributed by atoms with Crippen molar-refractivity contribution in [1.29, 1.82) is 0 Å². The van der Waals surface area contributed by atoms with E-state index in [1.54, 1.807) is 6.07 Å². The molecule has 1 heterocycles. The zero-order valence-corrected chi connectivity index (χ0v) is 11.0. The Morgan fingerprint density at radius 3 is 2.90 bits per heavy atom. The van der Waals surface area contributed by atoms with Gasteiger partial charge in [0.25, 0.3) is 6.01 Å². The van der Waals surface area contributed by atoms with Gasteiger partial charge in [-0.2, -0.15) is 4.98 Å². The first-order valence-electron chi connectivity index (χ1n) is 6.24. The summed E-state index contributed by atoms with van der Waals surface area (Å²) in [5, 5.41) is 14.5. The largest absolute Gasteiger partial charge is 0.478 e. The predicted octanol–water partition coefficient (Wildman–Crippen LogP) is 1.46. The summed E-state index contributed by atoms with van der Waals surface area (Å²) in [7, 11) is 0. The predicted molar refractivity (Wildman–Crippen MR) is 72.8 cm³/mol. The quantitative estimate of drug-likeness (QED) is 0.738. The number of fused-ring (bicyclic) bond motifs is 1. The number of hydrogen-bond acceptors (Lipinski definition) is 5. The highest BCUT2D eigenvalue weighted by Crippen LogP contribution is 2.20. The molecule has 0 spiro atoms. The number of nitrogens with zero attached hydrogens (tertiary/aromatic N) is 1. The SMILES string of the molecule is CCNC(=O)CCNc1nc2ccc(C(=O)O)cc2o1. The van der Waals surface area contributed by atoms with Gasteiger partial charge in [-0.3, -0.25) is 4.79 Å². The Morgan fingerprint density at radius 1 is 1.40 bits per heavy atom. The number of carboxylic acids is 1. The molecule has 0 fully saturated rings. The van der Waals surface area contributed by atoms with E-state index in [2.05, 4.69) is 15.6 Å². The lowest BCUT2D eigenvalue weighted by Crippen LogP contribution is -2.24. The van der Waals surface area contributed by atoms with Crippen LogP contribution in [0.2, 0.25) is 0 Å². The van der Waals surface area contributed by atoms with Crippen molar-refractivity contribution in [2.75, 3.05) is 18.4 Å². The number of oxazole rings is 1. The van der Waals surface area contributed by atoms with Gasteiger partial charge in [-0.1, -0.05) is 0 Å². The molecule has 0 unspecified atom stereocenters. The van der Waals surface area contributed by atoms with Crippen LogP contribution in [0.4, 0.5) is 6.01 Å². The monoisotopic (exact) mass is 277 g/mol. The van der Waals surface area contributed by atoms with Gasteiger partial charge >= 0.3 is 5.97 Å². The fourth-order valence-electron chi connectivity index (χ4n) is 1.70. The van der Waals surface area contributed by atoms with Crippen LogP contribution in [0.1, 0.15) is 23.7 Å². The summed E-state index contributed by atoms with van der Waals surface area (Å²) in [6.07, 6.45) is 0.312. The summed E-state index contributed by atoms with van der Waals surface area (Å²) in [6, 6.07) is 4.73. The van der Waals surface area contributed by atoms with E-state index in [0.717, 1.165) is 0 Å². The number of aromatic nitrogens is 1. The Labute approximate surface area is 115 Å². The molecule has 20 heavy (non-hydrogen) atoms. The zero-order valence-electron chi connectivity index (χ0n) is 11.0. The number of anilines is 1. The molecule has 106 valence electrons. The molecule has 3 N–H and O–H groups in total. The average Bonchev–Trinajstić information content (AvgIpc) is 2.80. The van der Waals surface area contributed by atoms with E-state index in [0.29, 0.717) is 30.6 Å². The maximum absolute atomic E-state index is 11.3. The summed E-state index contributed by atoms with van der Waals surface area (Å²) >= 11 is 0. The maximum atomic E-state index is 11.3. The van der Waals surface area contributed by atoms with Crippen molar-refractivity contribution >= 4 is 29.0 Å². The number of nitrogens with one attached hydrogen (secondary N) is 2. The number of benzene rings is 1. The van der Waals surface area contributed by atoms with E-state index < -0.39 is 5.97 Å². The van der Waals surface area contributed by atoms with Crippen LogP contribution in [0.15, 0.2) is 22.6 Å². The first-order chi connectivity index (χ1) is 9.60. The van der Waals surface area contributed by atoms with Crippen LogP contribution in [-0.4, -0.2) is 35.1 Å². The number of hydrogen-bond donors (Lipinski definition) is 3. The van der Waals surface area contributed by atoms with E-state index in [1.165, 1.54) is 12.1 Å². The molecular weight excluding hydrogens is 262 g/mol. The lowest BCUT2D eigenvalue weighted by molar-refractivity contribution is -0.120. The van der Waals surface area contributed by atoms with Crippen molar-refractivity contribution < 1.29 is 19.1 Å². The lowest BCUT2D eigenvalue weighted by Gasteiger charge is -2.01. The third-order valence-corrected chi connectivity index (χ3v) is 2.64. The summed E-state index contributed by atoms with van der Waals surface area (Å²) in [6.45, 7) is 2.84. The molecule has 1 aromatic carbocycles. The number of carbonyl (C=O) groups excluding carboxylic acids is 1. The van der Waals surface area contributed by atoms with E-state index >= 15 is 0 Å². The van der Waals surface area contributed by atoms with Gasteiger partial charge < -0.3 is 20.2 Å². The van der Waals surface area contributed by atoms with Crippen molar-refractivity contribution in [3.05, 3.63) is 23.8 Å². The molecule has 0 radical (unpaired) electrons. The van der Waals surface area contributed by atoms with Gasteiger partial charge in [0.05, 0.1) is 5.56 Å². The van der Waals surface area contributed by atoms with E-state index in [9.17, 15) is 9.59 Å². The Morgan fingerprint density at radius 2 is 2.20 bits per heavy atom. The molecule has 0 aliphatic heterocycles. The van der Waals surface area contributed by atoms with Crippen molar-refractivity contribution in [1.82, 2.24) is 10.3 Å². The number of amides is 1. The smallest absolute Gasteiger partial charge is 0.335 e. The molecular formula is C13H15N3O4. The molecule has 7 heteroatoms. The third kappa shape index (κ3) is 3.25. The van der Waals surface area contributed by atoms with Gasteiger partial charge in [0.2, 0.25) is 5.91 Å². The lowest BCUT2D eigenvalue weighted by atomic mass is 10.2. The highest BCUT2D eigenvalue weighted by atomic mass is 16.4. The summed E-state index contributed by atoms with van der Waals surface area (Å²) in [4.78, 5) is 26.2. The summed E-state index contributed by atoms with van der Waals surface area (Å²) in [5.41, 5.74) is 1.10. The van der Waals surface area contributed by atoms with E-state index in [1.807, 2.05) is 6.92 Å². The summed E-state index contributed by atoms with van der Waals surface area (Å²) in [5.74, 6) is -1.07.